The molecule has 1 aromatic heterocycles. The molecule has 0 atom stereocenters. The normalized spacial score (nSPS) is 11.0. The minimum absolute atomic E-state index is 0.449. The first-order valence-electron chi connectivity index (χ1n) is 7.11. The highest BCUT2D eigenvalue weighted by atomic mass is 32.1. The van der Waals surface area contributed by atoms with Crippen LogP contribution in [0.1, 0.15) is 5.56 Å². The molecule has 1 heterocycles. The summed E-state index contributed by atoms with van der Waals surface area (Å²) in [6, 6.07) is 10.1. The number of nitrogens with one attached hydrogen (secondary N) is 1. The van der Waals surface area contributed by atoms with E-state index in [1.807, 2.05) is 35.7 Å². The number of hydrogen-bond donors (Lipinski definition) is 1. The number of nitrogens with zero attached hydrogens (tertiary/aromatic N) is 2. The Hall–Kier alpha value is -2.87. The summed E-state index contributed by atoms with van der Waals surface area (Å²) >= 11 is 1.29. The van der Waals surface area contributed by atoms with Gasteiger partial charge < -0.3 is 4.74 Å². The van der Waals surface area contributed by atoms with Crippen molar-refractivity contribution in [3.8, 4) is 17.0 Å². The molecule has 0 bridgehead atoms. The van der Waals surface area contributed by atoms with Gasteiger partial charge in [0.25, 0.3) is 0 Å². The zero-order valence-electron chi connectivity index (χ0n) is 13.0. The third-order valence-electron chi connectivity index (χ3n) is 3.30. The molecule has 0 saturated heterocycles. The molecule has 0 fully saturated rings. The summed E-state index contributed by atoms with van der Waals surface area (Å²) in [5, 5.41) is 6.04. The smallest absolute Gasteiger partial charge is 0.203 e. The number of hydrogen-bond acceptors (Lipinski definition) is 5. The van der Waals surface area contributed by atoms with Crippen molar-refractivity contribution < 1.29 is 17.9 Å². The van der Waals surface area contributed by atoms with Gasteiger partial charge in [0.1, 0.15) is 5.82 Å². The van der Waals surface area contributed by atoms with Gasteiger partial charge >= 0.3 is 0 Å². The predicted molar refractivity (Wildman–Crippen MR) is 91.6 cm³/mol. The second-order valence-electron chi connectivity index (χ2n) is 4.88. The number of anilines is 1. The molecule has 0 aliphatic heterocycles. The van der Waals surface area contributed by atoms with Gasteiger partial charge in [-0.1, -0.05) is 30.3 Å². The monoisotopic (exact) mass is 363 g/mol. The summed E-state index contributed by atoms with van der Waals surface area (Å²) in [4.78, 5) is 4.33. The van der Waals surface area contributed by atoms with Crippen LogP contribution in [0.2, 0.25) is 0 Å². The molecule has 0 aliphatic rings. The van der Waals surface area contributed by atoms with Crippen molar-refractivity contribution in [1.82, 2.24) is 4.98 Å². The molecule has 1 N–H and O–H groups in total. The van der Waals surface area contributed by atoms with Crippen molar-refractivity contribution in [3.63, 3.8) is 0 Å². The molecule has 0 radical (unpaired) electrons. The van der Waals surface area contributed by atoms with Crippen LogP contribution in [0.4, 0.5) is 18.3 Å². The van der Waals surface area contributed by atoms with E-state index >= 15 is 0 Å². The van der Waals surface area contributed by atoms with Crippen LogP contribution in [0.3, 0.4) is 0 Å². The van der Waals surface area contributed by atoms with Crippen LogP contribution in [0.25, 0.3) is 11.3 Å². The number of benzene rings is 2. The SMILES string of the molecule is COc1c(F)cc(F)c(C=NNc2nc(-c3ccccc3)cs2)c1F. The van der Waals surface area contributed by atoms with Crippen molar-refractivity contribution in [3.05, 3.63) is 64.8 Å². The fraction of sp³-hybridized carbons (Fsp3) is 0.0588. The molecule has 25 heavy (non-hydrogen) atoms. The van der Waals surface area contributed by atoms with E-state index in [1.54, 1.807) is 0 Å². The lowest BCUT2D eigenvalue weighted by atomic mass is 10.2. The summed E-state index contributed by atoms with van der Waals surface area (Å²) in [7, 11) is 1.10. The molecule has 128 valence electrons. The van der Waals surface area contributed by atoms with Gasteiger partial charge in [-0.2, -0.15) is 5.10 Å². The Balaban J connectivity index is 1.78. The minimum Gasteiger partial charge on any atom is -0.491 e. The van der Waals surface area contributed by atoms with E-state index in [0.717, 1.165) is 24.6 Å². The average molecular weight is 363 g/mol. The topological polar surface area (TPSA) is 46.5 Å². The van der Waals surface area contributed by atoms with Crippen molar-refractivity contribution >= 4 is 22.7 Å². The van der Waals surface area contributed by atoms with E-state index in [0.29, 0.717) is 11.2 Å². The first-order valence-corrected chi connectivity index (χ1v) is 7.99. The standard InChI is InChI=1S/C17H12F3N3OS/c1-24-16-13(19)7-12(18)11(15(16)20)8-21-23-17-22-14(9-25-17)10-5-3-2-4-6-10/h2-9H,1H3,(H,22,23). The van der Waals surface area contributed by atoms with Crippen molar-refractivity contribution in [2.75, 3.05) is 12.5 Å². The number of hydrazone groups is 1. The van der Waals surface area contributed by atoms with Gasteiger partial charge in [0.05, 0.1) is 24.6 Å². The van der Waals surface area contributed by atoms with Gasteiger partial charge in [-0.3, -0.25) is 5.43 Å². The van der Waals surface area contributed by atoms with E-state index in [2.05, 4.69) is 20.2 Å². The van der Waals surface area contributed by atoms with Crippen LogP contribution in [0.5, 0.6) is 5.75 Å². The molecular weight excluding hydrogens is 351 g/mol. The number of aromatic nitrogens is 1. The predicted octanol–water partition coefficient (Wildman–Crippen LogP) is 4.68. The minimum atomic E-state index is -1.16. The first kappa shape index (κ1) is 17.0. The van der Waals surface area contributed by atoms with E-state index in [4.69, 9.17) is 0 Å². The first-order chi connectivity index (χ1) is 12.1. The lowest BCUT2D eigenvalue weighted by Crippen LogP contribution is -2.02. The van der Waals surface area contributed by atoms with Crippen LogP contribution < -0.4 is 10.2 Å². The van der Waals surface area contributed by atoms with E-state index in [1.165, 1.54) is 11.3 Å². The molecule has 0 amide bonds. The number of halogens is 3. The van der Waals surface area contributed by atoms with Gasteiger partial charge in [0.15, 0.2) is 17.4 Å². The highest BCUT2D eigenvalue weighted by Crippen LogP contribution is 2.26. The van der Waals surface area contributed by atoms with E-state index < -0.39 is 28.8 Å². The second-order valence-corrected chi connectivity index (χ2v) is 5.73. The Morgan fingerprint density at radius 1 is 1.16 bits per heavy atom. The molecule has 0 spiro atoms. The van der Waals surface area contributed by atoms with E-state index in [-0.39, 0.29) is 0 Å². The van der Waals surface area contributed by atoms with Crippen LogP contribution in [0.15, 0.2) is 46.9 Å². The molecule has 4 nitrogen and oxygen atoms in total. The van der Waals surface area contributed by atoms with Crippen LogP contribution >= 0.6 is 11.3 Å². The summed E-state index contributed by atoms with van der Waals surface area (Å²) in [5.41, 5.74) is 3.78. The lowest BCUT2D eigenvalue weighted by Gasteiger charge is -2.06. The number of thiazole rings is 1. The third-order valence-corrected chi connectivity index (χ3v) is 4.04. The molecule has 0 aliphatic carbocycles. The zero-order chi connectivity index (χ0) is 17.8. The zero-order valence-corrected chi connectivity index (χ0v) is 13.8. The van der Waals surface area contributed by atoms with Crippen molar-refractivity contribution in [2.45, 2.75) is 0 Å². The summed E-state index contributed by atoms with van der Waals surface area (Å²) < 4.78 is 45.7. The van der Waals surface area contributed by atoms with Crippen molar-refractivity contribution in [2.24, 2.45) is 5.10 Å². The largest absolute Gasteiger partial charge is 0.491 e. The lowest BCUT2D eigenvalue weighted by molar-refractivity contribution is 0.355. The maximum absolute atomic E-state index is 14.0. The number of methoxy groups -OCH3 is 1. The van der Waals surface area contributed by atoms with Gasteiger partial charge in [0.2, 0.25) is 5.13 Å². The molecule has 8 heteroatoms. The van der Waals surface area contributed by atoms with Crippen molar-refractivity contribution in [1.29, 1.82) is 0 Å². The number of rotatable bonds is 5. The Morgan fingerprint density at radius 3 is 2.64 bits per heavy atom. The average Bonchev–Trinajstić information content (AvgIpc) is 3.08. The second kappa shape index (κ2) is 7.35. The molecule has 0 saturated carbocycles. The summed E-state index contributed by atoms with van der Waals surface area (Å²) in [5.74, 6) is -4.02. The molecule has 3 aromatic rings. The Labute approximate surface area is 145 Å². The van der Waals surface area contributed by atoms with Crippen LogP contribution in [-0.2, 0) is 0 Å². The van der Waals surface area contributed by atoms with Gasteiger partial charge in [0, 0.05) is 17.0 Å². The Morgan fingerprint density at radius 2 is 1.92 bits per heavy atom. The number of ether oxygens (including phenoxy) is 1. The molecular formula is C17H12F3N3OS. The Kier molecular flexibility index (Phi) is 4.99. The highest BCUT2D eigenvalue weighted by Gasteiger charge is 2.18. The van der Waals surface area contributed by atoms with Gasteiger partial charge in [-0.15, -0.1) is 11.3 Å². The molecule has 0 unspecified atom stereocenters. The molecule has 3 rings (SSSR count). The maximum Gasteiger partial charge on any atom is 0.203 e. The summed E-state index contributed by atoms with van der Waals surface area (Å²) in [6.07, 6.45) is 0.913. The van der Waals surface area contributed by atoms with Crippen LogP contribution in [0, 0.1) is 17.5 Å². The van der Waals surface area contributed by atoms with Gasteiger partial charge in [-0.05, 0) is 0 Å². The Bertz CT molecular complexity index is 913. The fourth-order valence-electron chi connectivity index (χ4n) is 2.11. The highest BCUT2D eigenvalue weighted by molar-refractivity contribution is 7.14. The third kappa shape index (κ3) is 3.63. The van der Waals surface area contributed by atoms with Crippen LogP contribution in [-0.4, -0.2) is 18.3 Å². The van der Waals surface area contributed by atoms with Gasteiger partial charge in [-0.25, -0.2) is 18.2 Å². The molecule has 2 aromatic carbocycles. The fourth-order valence-corrected chi connectivity index (χ4v) is 2.78. The summed E-state index contributed by atoms with van der Waals surface area (Å²) in [6.45, 7) is 0. The maximum atomic E-state index is 14.0. The quantitative estimate of drug-likeness (QED) is 0.529. The van der Waals surface area contributed by atoms with E-state index in [9.17, 15) is 13.2 Å².